The normalized spacial score (nSPS) is 18.8. The molecular weight excluding hydrogens is 194 g/mol. The molecule has 0 fully saturated rings. The van der Waals surface area contributed by atoms with Gasteiger partial charge in [-0.2, -0.15) is 0 Å². The molecule has 1 aliphatic heterocycles. The minimum atomic E-state index is -0.470. The van der Waals surface area contributed by atoms with Crippen LogP contribution in [0, 0.1) is 0 Å². The molecule has 0 radical (unpaired) electrons. The molecule has 0 saturated carbocycles. The van der Waals surface area contributed by atoms with Crippen molar-refractivity contribution in [3.63, 3.8) is 0 Å². The molecule has 5 nitrogen and oxygen atoms in total. The molecule has 5 heteroatoms. The Hall–Kier alpha value is -1.78. The van der Waals surface area contributed by atoms with Crippen LogP contribution in [-0.2, 0) is 9.59 Å². The maximum atomic E-state index is 11.5. The van der Waals surface area contributed by atoms with Gasteiger partial charge >= 0.3 is 0 Å². The number of allylic oxidation sites excluding steroid dienone is 2. The second-order valence-electron chi connectivity index (χ2n) is 3.06. The van der Waals surface area contributed by atoms with Gasteiger partial charge in [-0.05, 0) is 13.0 Å². The summed E-state index contributed by atoms with van der Waals surface area (Å²) in [6.07, 6.45) is 5.03. The lowest BCUT2D eigenvalue weighted by atomic mass is 10.1. The van der Waals surface area contributed by atoms with E-state index in [0.717, 1.165) is 0 Å². The summed E-state index contributed by atoms with van der Waals surface area (Å²) in [5, 5.41) is 8.01. The zero-order chi connectivity index (χ0) is 11.3. The highest BCUT2D eigenvalue weighted by molar-refractivity contribution is 5.95. The Kier molecular flexibility index (Phi) is 3.91. The van der Waals surface area contributed by atoms with E-state index in [1.54, 1.807) is 25.3 Å². The molecule has 0 bridgehead atoms. The van der Waals surface area contributed by atoms with E-state index in [1.807, 2.05) is 6.92 Å². The van der Waals surface area contributed by atoms with Crippen LogP contribution in [0.25, 0.3) is 0 Å². The summed E-state index contributed by atoms with van der Waals surface area (Å²) >= 11 is 0. The summed E-state index contributed by atoms with van der Waals surface area (Å²) in [5.74, 6) is -0.364. The predicted octanol–water partition coefficient (Wildman–Crippen LogP) is -0.720. The van der Waals surface area contributed by atoms with E-state index in [1.165, 1.54) is 0 Å². The van der Waals surface area contributed by atoms with Gasteiger partial charge in [0.05, 0.1) is 0 Å². The molecule has 0 aromatic carbocycles. The zero-order valence-electron chi connectivity index (χ0n) is 8.83. The third kappa shape index (κ3) is 2.83. The van der Waals surface area contributed by atoms with Crippen molar-refractivity contribution in [1.82, 2.24) is 16.0 Å². The van der Waals surface area contributed by atoms with Crippen LogP contribution in [0.15, 0.2) is 23.9 Å². The van der Waals surface area contributed by atoms with Crippen LogP contribution in [0.5, 0.6) is 0 Å². The molecule has 0 aliphatic carbocycles. The monoisotopic (exact) mass is 209 g/mol. The van der Waals surface area contributed by atoms with Gasteiger partial charge in [-0.1, -0.05) is 12.2 Å². The second kappa shape index (κ2) is 5.19. The van der Waals surface area contributed by atoms with E-state index >= 15 is 0 Å². The highest BCUT2D eigenvalue weighted by Crippen LogP contribution is 2.02. The summed E-state index contributed by atoms with van der Waals surface area (Å²) in [7, 11) is 1.55. The molecule has 2 amide bonds. The minimum absolute atomic E-state index is 0.136. The molecule has 3 N–H and O–H groups in total. The number of dihydropyridines is 1. The summed E-state index contributed by atoms with van der Waals surface area (Å²) in [5.41, 5.74) is 0.399. The van der Waals surface area contributed by atoms with E-state index in [9.17, 15) is 9.59 Å². The topological polar surface area (TPSA) is 70.2 Å². The highest BCUT2D eigenvalue weighted by Gasteiger charge is 2.20. The van der Waals surface area contributed by atoms with Crippen LogP contribution in [0.1, 0.15) is 6.92 Å². The average molecular weight is 209 g/mol. The fraction of sp³-hybridized carbons (Fsp3) is 0.400. The van der Waals surface area contributed by atoms with Gasteiger partial charge in [0.2, 0.25) is 5.91 Å². The van der Waals surface area contributed by atoms with Crippen LogP contribution in [0.3, 0.4) is 0 Å². The molecule has 15 heavy (non-hydrogen) atoms. The van der Waals surface area contributed by atoms with Crippen LogP contribution in [0.4, 0.5) is 0 Å². The average Bonchev–Trinajstić information content (AvgIpc) is 2.28. The maximum Gasteiger partial charge on any atom is 0.267 e. The van der Waals surface area contributed by atoms with Crippen molar-refractivity contribution in [2.45, 2.75) is 13.0 Å². The van der Waals surface area contributed by atoms with Crippen molar-refractivity contribution in [2.24, 2.45) is 0 Å². The van der Waals surface area contributed by atoms with E-state index in [0.29, 0.717) is 12.2 Å². The van der Waals surface area contributed by atoms with Gasteiger partial charge in [-0.25, -0.2) is 0 Å². The molecule has 1 heterocycles. The standard InChI is InChI=1S/C10H15N3O2/c1-3-12-10(15)8-6-4-5-7(13-8)9(14)11-2/h4-6,8,13H,3H2,1-2H3,(H,11,14)(H,12,15). The van der Waals surface area contributed by atoms with Gasteiger partial charge in [0.1, 0.15) is 11.7 Å². The van der Waals surface area contributed by atoms with Crippen molar-refractivity contribution in [1.29, 1.82) is 0 Å². The highest BCUT2D eigenvalue weighted by atomic mass is 16.2. The van der Waals surface area contributed by atoms with Crippen molar-refractivity contribution in [2.75, 3.05) is 13.6 Å². The number of nitrogens with one attached hydrogen (secondary N) is 3. The smallest absolute Gasteiger partial charge is 0.267 e. The Morgan fingerprint density at radius 1 is 1.53 bits per heavy atom. The van der Waals surface area contributed by atoms with Crippen molar-refractivity contribution >= 4 is 11.8 Å². The lowest BCUT2D eigenvalue weighted by Crippen LogP contribution is -2.46. The molecule has 0 aromatic rings. The van der Waals surface area contributed by atoms with E-state index in [4.69, 9.17) is 0 Å². The van der Waals surface area contributed by atoms with Crippen molar-refractivity contribution < 1.29 is 9.59 Å². The summed E-state index contributed by atoms with van der Waals surface area (Å²) in [4.78, 5) is 22.8. The Labute approximate surface area is 88.6 Å². The first-order chi connectivity index (χ1) is 7.19. The van der Waals surface area contributed by atoms with E-state index < -0.39 is 6.04 Å². The Bertz CT molecular complexity index is 321. The quantitative estimate of drug-likeness (QED) is 0.574. The number of hydrogen-bond donors (Lipinski definition) is 3. The number of carbonyl (C=O) groups excluding carboxylic acids is 2. The van der Waals surface area contributed by atoms with Crippen molar-refractivity contribution in [3.8, 4) is 0 Å². The summed E-state index contributed by atoms with van der Waals surface area (Å²) in [6.45, 7) is 2.42. The molecule has 0 aromatic heterocycles. The third-order valence-electron chi connectivity index (χ3n) is 1.98. The number of carbonyl (C=O) groups is 2. The largest absolute Gasteiger partial charge is 0.366 e. The van der Waals surface area contributed by atoms with Gasteiger partial charge < -0.3 is 16.0 Å². The first-order valence-electron chi connectivity index (χ1n) is 4.83. The van der Waals surface area contributed by atoms with Crippen molar-refractivity contribution in [3.05, 3.63) is 23.9 Å². The van der Waals surface area contributed by atoms with Gasteiger partial charge in [-0.3, -0.25) is 9.59 Å². The maximum absolute atomic E-state index is 11.5. The number of amides is 2. The second-order valence-corrected chi connectivity index (χ2v) is 3.06. The first-order valence-corrected chi connectivity index (χ1v) is 4.83. The number of rotatable bonds is 3. The zero-order valence-corrected chi connectivity index (χ0v) is 8.83. The van der Waals surface area contributed by atoms with Gasteiger partial charge in [-0.15, -0.1) is 0 Å². The van der Waals surface area contributed by atoms with Crippen LogP contribution >= 0.6 is 0 Å². The van der Waals surface area contributed by atoms with E-state index in [-0.39, 0.29) is 11.8 Å². The SMILES string of the molecule is CCNC(=O)C1C=CC=C(C(=O)NC)N1. The number of hydrogen-bond acceptors (Lipinski definition) is 3. The lowest BCUT2D eigenvalue weighted by molar-refractivity contribution is -0.122. The third-order valence-corrected chi connectivity index (χ3v) is 1.98. The van der Waals surface area contributed by atoms with E-state index in [2.05, 4.69) is 16.0 Å². The van der Waals surface area contributed by atoms with Crippen LogP contribution in [0.2, 0.25) is 0 Å². The fourth-order valence-corrected chi connectivity index (χ4v) is 1.24. The Balaban J connectivity index is 2.63. The van der Waals surface area contributed by atoms with Gasteiger partial charge in [0, 0.05) is 13.6 Å². The van der Waals surface area contributed by atoms with Crippen LogP contribution in [-0.4, -0.2) is 31.4 Å². The molecule has 1 rings (SSSR count). The molecule has 1 aliphatic rings. The van der Waals surface area contributed by atoms with Gasteiger partial charge in [0.15, 0.2) is 0 Å². The molecule has 0 spiro atoms. The summed E-state index contributed by atoms with van der Waals surface area (Å²) in [6, 6.07) is -0.470. The molecule has 1 unspecified atom stereocenters. The molecular formula is C10H15N3O2. The van der Waals surface area contributed by atoms with Crippen LogP contribution < -0.4 is 16.0 Å². The molecule has 82 valence electrons. The minimum Gasteiger partial charge on any atom is -0.366 e. The number of likely N-dealkylation sites (N-methyl/N-ethyl adjacent to an activating group) is 2. The first kappa shape index (κ1) is 11.3. The molecule has 0 saturated heterocycles. The fourth-order valence-electron chi connectivity index (χ4n) is 1.24. The lowest BCUT2D eigenvalue weighted by Gasteiger charge is -2.19. The Morgan fingerprint density at radius 3 is 2.87 bits per heavy atom. The Morgan fingerprint density at radius 2 is 2.27 bits per heavy atom. The summed E-state index contributed by atoms with van der Waals surface area (Å²) < 4.78 is 0. The predicted molar refractivity (Wildman–Crippen MR) is 56.9 cm³/mol. The molecule has 1 atom stereocenters. The van der Waals surface area contributed by atoms with Gasteiger partial charge in [0.25, 0.3) is 5.91 Å².